The van der Waals surface area contributed by atoms with Gasteiger partial charge < -0.3 is 9.47 Å². The van der Waals surface area contributed by atoms with Gasteiger partial charge in [-0.05, 0) is 64.5 Å². The van der Waals surface area contributed by atoms with Crippen molar-refractivity contribution in [2.75, 3.05) is 13.2 Å². The highest BCUT2D eigenvalue weighted by Gasteiger charge is 2.10. The lowest BCUT2D eigenvalue weighted by atomic mass is 9.99. The Hall–Kier alpha value is -2.54. The van der Waals surface area contributed by atoms with Gasteiger partial charge >= 0.3 is 0 Å². The molecule has 2 rings (SSSR count). The van der Waals surface area contributed by atoms with Crippen molar-refractivity contribution in [2.24, 2.45) is 0 Å². The summed E-state index contributed by atoms with van der Waals surface area (Å²) >= 11 is 3.46. The smallest absolute Gasteiger partial charge is 0.276 e. The summed E-state index contributed by atoms with van der Waals surface area (Å²) in [4.78, 5) is 23.7. The minimum Gasteiger partial charge on any atom is -0.483 e. The molecular weight excluding hydrogens is 424 g/mol. The number of aryl methyl sites for hydroxylation is 1. The maximum Gasteiger partial charge on any atom is 0.276 e. The van der Waals surface area contributed by atoms with Crippen LogP contribution in [0.1, 0.15) is 37.3 Å². The van der Waals surface area contributed by atoms with Crippen LogP contribution in [0.4, 0.5) is 0 Å². The number of amides is 2. The summed E-state index contributed by atoms with van der Waals surface area (Å²) in [5.41, 5.74) is 6.73. The zero-order valence-corrected chi connectivity index (χ0v) is 17.8. The SMILES string of the molecule is CCC(C)c1ccc(OCC(=O)NNC(=O)COc2ccccc2C)c(Br)c1. The summed E-state index contributed by atoms with van der Waals surface area (Å²) < 4.78 is 11.7. The van der Waals surface area contributed by atoms with Crippen molar-refractivity contribution >= 4 is 27.7 Å². The van der Waals surface area contributed by atoms with Gasteiger partial charge in [0, 0.05) is 0 Å². The van der Waals surface area contributed by atoms with E-state index in [4.69, 9.17) is 9.47 Å². The summed E-state index contributed by atoms with van der Waals surface area (Å²) in [6.45, 7) is 5.75. The molecule has 0 radical (unpaired) electrons. The van der Waals surface area contributed by atoms with Crippen LogP contribution in [0.5, 0.6) is 11.5 Å². The molecule has 0 fully saturated rings. The molecular formula is C21H25BrN2O4. The molecule has 2 aromatic carbocycles. The molecule has 0 aliphatic heterocycles. The standard InChI is InChI=1S/C21H25BrN2O4/c1-4-14(2)16-9-10-19(17(22)11-16)28-13-21(26)24-23-20(25)12-27-18-8-6-5-7-15(18)3/h5-11,14H,4,12-13H2,1-3H3,(H,23,25)(H,24,26). The zero-order chi connectivity index (χ0) is 20.5. The summed E-state index contributed by atoms with van der Waals surface area (Å²) in [5.74, 6) is 0.706. The monoisotopic (exact) mass is 448 g/mol. The third kappa shape index (κ3) is 6.56. The Kier molecular flexibility index (Phi) is 8.32. The fraction of sp³-hybridized carbons (Fsp3) is 0.333. The first-order valence-corrected chi connectivity index (χ1v) is 9.88. The van der Waals surface area contributed by atoms with Crippen molar-refractivity contribution in [1.82, 2.24) is 10.9 Å². The number of hydrazine groups is 1. The molecule has 28 heavy (non-hydrogen) atoms. The van der Waals surface area contributed by atoms with E-state index in [9.17, 15) is 9.59 Å². The van der Waals surface area contributed by atoms with E-state index < -0.39 is 11.8 Å². The van der Waals surface area contributed by atoms with Gasteiger partial charge in [-0.1, -0.05) is 38.1 Å². The van der Waals surface area contributed by atoms with Gasteiger partial charge in [-0.3, -0.25) is 20.4 Å². The molecule has 7 heteroatoms. The second kappa shape index (κ2) is 10.7. The van der Waals surface area contributed by atoms with E-state index in [1.807, 2.05) is 43.3 Å². The number of rotatable bonds is 8. The lowest BCUT2D eigenvalue weighted by Crippen LogP contribution is -2.45. The molecule has 1 unspecified atom stereocenters. The van der Waals surface area contributed by atoms with Gasteiger partial charge in [0.25, 0.3) is 11.8 Å². The summed E-state index contributed by atoms with van der Waals surface area (Å²) in [5, 5.41) is 0. The van der Waals surface area contributed by atoms with Crippen molar-refractivity contribution in [3.63, 3.8) is 0 Å². The Morgan fingerprint density at radius 3 is 2.18 bits per heavy atom. The fourth-order valence-corrected chi connectivity index (χ4v) is 2.90. The third-order valence-electron chi connectivity index (χ3n) is 4.29. The Bertz CT molecular complexity index is 826. The lowest BCUT2D eigenvalue weighted by Gasteiger charge is -2.13. The fourth-order valence-electron chi connectivity index (χ4n) is 2.39. The molecule has 0 spiro atoms. The van der Waals surface area contributed by atoms with Crippen molar-refractivity contribution in [1.29, 1.82) is 0 Å². The average Bonchev–Trinajstić information content (AvgIpc) is 2.70. The highest BCUT2D eigenvalue weighted by molar-refractivity contribution is 9.10. The Morgan fingerprint density at radius 1 is 1.00 bits per heavy atom. The van der Waals surface area contributed by atoms with E-state index in [1.165, 1.54) is 5.56 Å². The van der Waals surface area contributed by atoms with Crippen LogP contribution in [-0.2, 0) is 9.59 Å². The number of ether oxygens (including phenoxy) is 2. The second-order valence-electron chi connectivity index (χ2n) is 6.44. The van der Waals surface area contributed by atoms with E-state index in [2.05, 4.69) is 40.6 Å². The minimum atomic E-state index is -0.470. The number of halogens is 1. The van der Waals surface area contributed by atoms with Gasteiger partial charge in [-0.2, -0.15) is 0 Å². The van der Waals surface area contributed by atoms with Gasteiger partial charge in [0.1, 0.15) is 11.5 Å². The number of benzene rings is 2. The number of carbonyl (C=O) groups excluding carboxylic acids is 2. The molecule has 0 heterocycles. The average molecular weight is 449 g/mol. The molecule has 6 nitrogen and oxygen atoms in total. The van der Waals surface area contributed by atoms with E-state index in [-0.39, 0.29) is 13.2 Å². The molecule has 2 amide bonds. The van der Waals surface area contributed by atoms with Crippen LogP contribution in [0.15, 0.2) is 46.9 Å². The van der Waals surface area contributed by atoms with Crippen molar-refractivity contribution in [3.05, 3.63) is 58.1 Å². The molecule has 150 valence electrons. The Balaban J connectivity index is 1.74. The first-order chi connectivity index (χ1) is 13.4. The molecule has 0 saturated carbocycles. The first-order valence-electron chi connectivity index (χ1n) is 9.09. The Labute approximate surface area is 173 Å². The van der Waals surface area contributed by atoms with E-state index in [1.54, 1.807) is 6.07 Å². The zero-order valence-electron chi connectivity index (χ0n) is 16.3. The quantitative estimate of drug-likeness (QED) is 0.600. The maximum atomic E-state index is 11.9. The molecule has 0 saturated heterocycles. The Morgan fingerprint density at radius 2 is 1.61 bits per heavy atom. The minimum absolute atomic E-state index is 0.200. The highest BCUT2D eigenvalue weighted by Crippen LogP contribution is 2.30. The van der Waals surface area contributed by atoms with Crippen molar-refractivity contribution in [3.8, 4) is 11.5 Å². The van der Waals surface area contributed by atoms with Crippen LogP contribution >= 0.6 is 15.9 Å². The van der Waals surface area contributed by atoms with Gasteiger partial charge in [-0.25, -0.2) is 0 Å². The van der Waals surface area contributed by atoms with Crippen LogP contribution in [0.3, 0.4) is 0 Å². The van der Waals surface area contributed by atoms with E-state index >= 15 is 0 Å². The first kappa shape index (κ1) is 21.8. The summed E-state index contributed by atoms with van der Waals surface area (Å²) in [6, 6.07) is 13.2. The third-order valence-corrected chi connectivity index (χ3v) is 4.91. The van der Waals surface area contributed by atoms with Gasteiger partial charge in [0.15, 0.2) is 13.2 Å². The number of hydrogen-bond acceptors (Lipinski definition) is 4. The maximum absolute atomic E-state index is 11.9. The molecule has 0 aliphatic carbocycles. The molecule has 0 aliphatic rings. The molecule has 1 atom stereocenters. The molecule has 0 bridgehead atoms. The van der Waals surface area contributed by atoms with Crippen LogP contribution in [0, 0.1) is 6.92 Å². The van der Waals surface area contributed by atoms with Gasteiger partial charge in [-0.15, -0.1) is 0 Å². The lowest BCUT2D eigenvalue weighted by molar-refractivity contribution is -0.131. The highest BCUT2D eigenvalue weighted by atomic mass is 79.9. The predicted octanol–water partition coefficient (Wildman–Crippen LogP) is 3.88. The molecule has 2 aromatic rings. The van der Waals surface area contributed by atoms with Crippen LogP contribution in [-0.4, -0.2) is 25.0 Å². The van der Waals surface area contributed by atoms with Gasteiger partial charge in [0.05, 0.1) is 4.47 Å². The summed E-state index contributed by atoms with van der Waals surface area (Å²) in [7, 11) is 0. The van der Waals surface area contributed by atoms with Crippen LogP contribution < -0.4 is 20.3 Å². The predicted molar refractivity (Wildman–Crippen MR) is 111 cm³/mol. The molecule has 0 aromatic heterocycles. The van der Waals surface area contributed by atoms with Gasteiger partial charge in [0.2, 0.25) is 0 Å². The van der Waals surface area contributed by atoms with Crippen LogP contribution in [0.25, 0.3) is 0 Å². The number of hydrogen-bond donors (Lipinski definition) is 2. The second-order valence-corrected chi connectivity index (χ2v) is 7.29. The molecule has 2 N–H and O–H groups in total. The van der Waals surface area contributed by atoms with E-state index in [0.717, 1.165) is 16.5 Å². The van der Waals surface area contributed by atoms with Crippen molar-refractivity contribution < 1.29 is 19.1 Å². The largest absolute Gasteiger partial charge is 0.483 e. The van der Waals surface area contributed by atoms with Crippen LogP contribution in [0.2, 0.25) is 0 Å². The normalized spacial score (nSPS) is 11.4. The van der Waals surface area contributed by atoms with E-state index in [0.29, 0.717) is 17.4 Å². The van der Waals surface area contributed by atoms with Crippen molar-refractivity contribution in [2.45, 2.75) is 33.1 Å². The number of carbonyl (C=O) groups is 2. The summed E-state index contributed by atoms with van der Waals surface area (Å²) in [6.07, 6.45) is 1.04. The number of nitrogens with one attached hydrogen (secondary N) is 2. The topological polar surface area (TPSA) is 76.7 Å². The number of para-hydroxylation sites is 1.